The molecule has 0 atom stereocenters. The number of rotatable bonds is 7. The summed E-state index contributed by atoms with van der Waals surface area (Å²) >= 11 is 0. The number of amides is 2. The van der Waals surface area contributed by atoms with Crippen molar-refractivity contribution in [2.75, 3.05) is 6.54 Å². The smallest absolute Gasteiger partial charge is 0.312 e. The summed E-state index contributed by atoms with van der Waals surface area (Å²) in [7, 11) is 0. The Balaban J connectivity index is 1.92. The quantitative estimate of drug-likeness (QED) is 0.255. The van der Waals surface area contributed by atoms with Crippen LogP contribution in [0, 0.1) is 10.1 Å². The number of benzene rings is 1. The molecule has 2 amide bonds. The van der Waals surface area contributed by atoms with E-state index in [-0.39, 0.29) is 31.7 Å². The number of nitro benzene ring substituents is 1. The second-order valence-electron chi connectivity index (χ2n) is 4.96. The molecule has 1 aromatic carbocycles. The van der Waals surface area contributed by atoms with Gasteiger partial charge in [-0.15, -0.1) is 0 Å². The van der Waals surface area contributed by atoms with Crippen molar-refractivity contribution >= 4 is 23.5 Å². The van der Waals surface area contributed by atoms with E-state index in [1.54, 1.807) is 0 Å². The standard InChI is InChI=1S/C15H14N2O7/c18-9-10-3-4-12(11(8-10)17(22)23)24-15(21)2-1-7-16-13(19)5-6-14(16)20/h3-6,8,18H,1-2,7,9H2. The number of nitrogens with zero attached hydrogens (tertiary/aromatic N) is 2. The van der Waals surface area contributed by atoms with E-state index in [1.807, 2.05) is 0 Å². The maximum absolute atomic E-state index is 11.8. The Hall–Kier alpha value is -3.07. The van der Waals surface area contributed by atoms with Gasteiger partial charge in [0, 0.05) is 31.2 Å². The van der Waals surface area contributed by atoms with Crippen molar-refractivity contribution in [2.24, 2.45) is 0 Å². The summed E-state index contributed by atoms with van der Waals surface area (Å²) in [6.45, 7) is -0.313. The van der Waals surface area contributed by atoms with Gasteiger partial charge < -0.3 is 9.84 Å². The summed E-state index contributed by atoms with van der Waals surface area (Å²) in [5.74, 6) is -1.83. The normalized spacial score (nSPS) is 13.5. The minimum absolute atomic E-state index is 0.0608. The predicted molar refractivity (Wildman–Crippen MR) is 79.7 cm³/mol. The van der Waals surface area contributed by atoms with Crippen molar-refractivity contribution in [3.63, 3.8) is 0 Å². The van der Waals surface area contributed by atoms with Crippen LogP contribution in [0.3, 0.4) is 0 Å². The third kappa shape index (κ3) is 4.02. The van der Waals surface area contributed by atoms with Crippen molar-refractivity contribution in [2.45, 2.75) is 19.4 Å². The number of hydrogen-bond donors (Lipinski definition) is 1. The fourth-order valence-electron chi connectivity index (χ4n) is 2.10. The van der Waals surface area contributed by atoms with Crippen LogP contribution in [0.25, 0.3) is 0 Å². The molecular weight excluding hydrogens is 320 g/mol. The molecule has 126 valence electrons. The number of ether oxygens (including phenoxy) is 1. The average molecular weight is 334 g/mol. The maximum Gasteiger partial charge on any atom is 0.312 e. The highest BCUT2D eigenvalue weighted by Gasteiger charge is 2.23. The molecule has 2 rings (SSSR count). The molecule has 0 saturated carbocycles. The van der Waals surface area contributed by atoms with E-state index < -0.39 is 28.4 Å². The molecule has 1 aromatic rings. The Kier molecular flexibility index (Phi) is 5.38. The van der Waals surface area contributed by atoms with E-state index >= 15 is 0 Å². The molecule has 0 aromatic heterocycles. The molecule has 0 spiro atoms. The highest BCUT2D eigenvalue weighted by molar-refractivity contribution is 6.12. The van der Waals surface area contributed by atoms with Crippen LogP contribution in [0.1, 0.15) is 18.4 Å². The highest BCUT2D eigenvalue weighted by Crippen LogP contribution is 2.28. The Morgan fingerprint density at radius 2 is 1.92 bits per heavy atom. The van der Waals surface area contributed by atoms with Crippen LogP contribution in [0.4, 0.5) is 5.69 Å². The molecule has 0 aliphatic carbocycles. The molecule has 0 fully saturated rings. The zero-order valence-corrected chi connectivity index (χ0v) is 12.5. The number of aliphatic hydroxyl groups is 1. The second-order valence-corrected chi connectivity index (χ2v) is 4.96. The summed E-state index contributed by atoms with van der Waals surface area (Å²) in [6, 6.07) is 3.76. The molecule has 9 nitrogen and oxygen atoms in total. The molecule has 1 N–H and O–H groups in total. The summed E-state index contributed by atoms with van der Waals surface area (Å²) in [5, 5.41) is 20.0. The Labute approximate surface area is 136 Å². The molecule has 24 heavy (non-hydrogen) atoms. The van der Waals surface area contributed by atoms with Crippen LogP contribution in [0.5, 0.6) is 5.75 Å². The van der Waals surface area contributed by atoms with E-state index in [0.717, 1.165) is 23.1 Å². The van der Waals surface area contributed by atoms with Crippen LogP contribution in [-0.4, -0.2) is 39.3 Å². The molecule has 0 saturated heterocycles. The largest absolute Gasteiger partial charge is 0.419 e. The number of aliphatic hydroxyl groups excluding tert-OH is 1. The van der Waals surface area contributed by atoms with E-state index in [4.69, 9.17) is 9.84 Å². The minimum Gasteiger partial charge on any atom is -0.419 e. The van der Waals surface area contributed by atoms with E-state index in [1.165, 1.54) is 12.1 Å². The Bertz CT molecular complexity index is 709. The van der Waals surface area contributed by atoms with Crippen LogP contribution >= 0.6 is 0 Å². The van der Waals surface area contributed by atoms with E-state index in [9.17, 15) is 24.5 Å². The van der Waals surface area contributed by atoms with E-state index in [0.29, 0.717) is 5.56 Å². The van der Waals surface area contributed by atoms with Crippen molar-refractivity contribution < 1.29 is 29.2 Å². The van der Waals surface area contributed by atoms with Gasteiger partial charge in [-0.3, -0.25) is 29.4 Å². The Morgan fingerprint density at radius 3 is 2.50 bits per heavy atom. The second kappa shape index (κ2) is 7.47. The molecule has 1 heterocycles. The summed E-state index contributed by atoms with van der Waals surface area (Å²) in [5.41, 5.74) is -0.107. The van der Waals surface area contributed by atoms with Gasteiger partial charge in [0.05, 0.1) is 11.5 Å². The van der Waals surface area contributed by atoms with Gasteiger partial charge in [-0.2, -0.15) is 0 Å². The summed E-state index contributed by atoms with van der Waals surface area (Å²) < 4.78 is 4.96. The van der Waals surface area contributed by atoms with Gasteiger partial charge in [0.1, 0.15) is 0 Å². The summed E-state index contributed by atoms with van der Waals surface area (Å²) in [4.78, 5) is 45.7. The molecule has 0 radical (unpaired) electrons. The predicted octanol–water partition coefficient (Wildman–Crippen LogP) is 0.698. The monoisotopic (exact) mass is 334 g/mol. The number of hydrogen-bond acceptors (Lipinski definition) is 7. The van der Waals surface area contributed by atoms with Gasteiger partial charge in [0.15, 0.2) is 0 Å². The zero-order chi connectivity index (χ0) is 17.7. The van der Waals surface area contributed by atoms with Crippen LogP contribution in [0.15, 0.2) is 30.4 Å². The lowest BCUT2D eigenvalue weighted by molar-refractivity contribution is -0.385. The Morgan fingerprint density at radius 1 is 1.25 bits per heavy atom. The van der Waals surface area contributed by atoms with Gasteiger partial charge >= 0.3 is 11.7 Å². The fraction of sp³-hybridized carbons (Fsp3) is 0.267. The lowest BCUT2D eigenvalue weighted by atomic mass is 10.2. The van der Waals surface area contributed by atoms with Crippen molar-refractivity contribution in [1.82, 2.24) is 4.90 Å². The average Bonchev–Trinajstić information content (AvgIpc) is 2.87. The first-order chi connectivity index (χ1) is 11.4. The first-order valence-electron chi connectivity index (χ1n) is 7.04. The molecule has 1 aliphatic heterocycles. The third-order valence-corrected chi connectivity index (χ3v) is 3.29. The van der Waals surface area contributed by atoms with Gasteiger partial charge in [-0.1, -0.05) is 6.07 Å². The van der Waals surface area contributed by atoms with Gasteiger partial charge in [-0.25, -0.2) is 0 Å². The van der Waals surface area contributed by atoms with E-state index in [2.05, 4.69) is 0 Å². The molecule has 0 bridgehead atoms. The SMILES string of the molecule is O=C(CCCN1C(=O)C=CC1=O)Oc1ccc(CO)cc1[N+](=O)[O-]. The molecule has 1 aliphatic rings. The number of esters is 1. The lowest BCUT2D eigenvalue weighted by Gasteiger charge is -2.12. The van der Waals surface area contributed by atoms with Crippen molar-refractivity contribution in [3.8, 4) is 5.75 Å². The first kappa shape index (κ1) is 17.3. The minimum atomic E-state index is -0.720. The lowest BCUT2D eigenvalue weighted by Crippen LogP contribution is -2.31. The number of carbonyl (C=O) groups is 3. The number of imide groups is 1. The highest BCUT2D eigenvalue weighted by atomic mass is 16.6. The van der Waals surface area contributed by atoms with Crippen LogP contribution in [-0.2, 0) is 21.0 Å². The topological polar surface area (TPSA) is 127 Å². The zero-order valence-electron chi connectivity index (χ0n) is 12.5. The van der Waals surface area contributed by atoms with Gasteiger partial charge in [-0.05, 0) is 18.1 Å². The van der Waals surface area contributed by atoms with Gasteiger partial charge in [0.2, 0.25) is 5.75 Å². The maximum atomic E-state index is 11.8. The first-order valence-corrected chi connectivity index (χ1v) is 7.04. The van der Waals surface area contributed by atoms with Crippen LogP contribution < -0.4 is 4.74 Å². The molecular formula is C15H14N2O7. The van der Waals surface area contributed by atoms with Crippen molar-refractivity contribution in [3.05, 3.63) is 46.0 Å². The number of nitro groups is 1. The van der Waals surface area contributed by atoms with Crippen LogP contribution in [0.2, 0.25) is 0 Å². The fourth-order valence-corrected chi connectivity index (χ4v) is 2.10. The number of carbonyl (C=O) groups excluding carboxylic acids is 3. The molecule has 0 unspecified atom stereocenters. The van der Waals surface area contributed by atoms with Gasteiger partial charge in [0.25, 0.3) is 11.8 Å². The third-order valence-electron chi connectivity index (χ3n) is 3.29. The summed E-state index contributed by atoms with van der Waals surface area (Å²) in [6.07, 6.45) is 2.36. The van der Waals surface area contributed by atoms with Crippen molar-refractivity contribution in [1.29, 1.82) is 0 Å². The molecule has 9 heteroatoms.